The Morgan fingerprint density at radius 2 is 2.31 bits per heavy atom. The maximum Gasteiger partial charge on any atom is 0.119 e. The van der Waals surface area contributed by atoms with Crippen molar-refractivity contribution in [3.05, 3.63) is 42.0 Å². The molecule has 1 aromatic carbocycles. The molecule has 1 aromatic rings. The van der Waals surface area contributed by atoms with E-state index in [1.54, 1.807) is 6.07 Å². The molecule has 1 unspecified atom stereocenters. The first-order valence-corrected chi connectivity index (χ1v) is 5.45. The van der Waals surface area contributed by atoms with Crippen molar-refractivity contribution < 1.29 is 5.11 Å². The van der Waals surface area contributed by atoms with Crippen LogP contribution in [-0.2, 0) is 12.8 Å². The second-order valence-electron chi connectivity index (χ2n) is 4.05. The Balaban J connectivity index is 0.00000128. The fraction of sp³-hybridized carbons (Fsp3) is 0.385. The maximum absolute atomic E-state index is 9.75. The van der Waals surface area contributed by atoms with Crippen LogP contribution in [0.4, 0.5) is 0 Å². The van der Waals surface area contributed by atoms with Crippen LogP contribution >= 0.6 is 12.4 Å². The number of hydrogen-bond donors (Lipinski definition) is 2. The van der Waals surface area contributed by atoms with Gasteiger partial charge in [-0.15, -0.1) is 19.0 Å². The van der Waals surface area contributed by atoms with Gasteiger partial charge < -0.3 is 10.4 Å². The summed E-state index contributed by atoms with van der Waals surface area (Å²) in [5.41, 5.74) is 2.41. The minimum Gasteiger partial charge on any atom is -0.508 e. The molecule has 0 aromatic heterocycles. The highest BCUT2D eigenvalue weighted by atomic mass is 35.5. The van der Waals surface area contributed by atoms with E-state index in [0.717, 1.165) is 31.4 Å². The van der Waals surface area contributed by atoms with Gasteiger partial charge in [0.1, 0.15) is 5.75 Å². The third-order valence-electron chi connectivity index (χ3n) is 3.01. The number of benzene rings is 1. The van der Waals surface area contributed by atoms with Crippen molar-refractivity contribution in [2.45, 2.75) is 25.3 Å². The molecule has 16 heavy (non-hydrogen) atoms. The highest BCUT2D eigenvalue weighted by Gasteiger charge is 2.19. The highest BCUT2D eigenvalue weighted by molar-refractivity contribution is 5.85. The van der Waals surface area contributed by atoms with Crippen molar-refractivity contribution in [3.8, 4) is 5.75 Å². The Labute approximate surface area is 103 Å². The molecule has 1 aliphatic carbocycles. The molecular formula is C13H18ClNO. The van der Waals surface area contributed by atoms with Gasteiger partial charge in [-0.1, -0.05) is 18.2 Å². The Morgan fingerprint density at radius 3 is 3.06 bits per heavy atom. The monoisotopic (exact) mass is 239 g/mol. The van der Waals surface area contributed by atoms with Crippen LogP contribution in [0, 0.1) is 0 Å². The summed E-state index contributed by atoms with van der Waals surface area (Å²) in [6.07, 6.45) is 5.00. The summed E-state index contributed by atoms with van der Waals surface area (Å²) in [5.74, 6) is 0.442. The normalized spacial score (nSPS) is 18.4. The molecule has 0 radical (unpaired) electrons. The molecule has 0 aliphatic heterocycles. The van der Waals surface area contributed by atoms with Gasteiger partial charge in [-0.25, -0.2) is 0 Å². The van der Waals surface area contributed by atoms with Gasteiger partial charge in [0, 0.05) is 12.6 Å². The smallest absolute Gasteiger partial charge is 0.119 e. The minimum atomic E-state index is 0. The lowest BCUT2D eigenvalue weighted by molar-refractivity contribution is 0.436. The lowest BCUT2D eigenvalue weighted by Gasteiger charge is -2.25. The lowest BCUT2D eigenvalue weighted by atomic mass is 9.87. The van der Waals surface area contributed by atoms with Crippen LogP contribution in [0.2, 0.25) is 0 Å². The van der Waals surface area contributed by atoms with Gasteiger partial charge in [-0.2, -0.15) is 0 Å². The quantitative estimate of drug-likeness (QED) is 0.795. The van der Waals surface area contributed by atoms with E-state index in [0.29, 0.717) is 11.8 Å². The number of rotatable bonds is 3. The number of phenols is 1. The van der Waals surface area contributed by atoms with Gasteiger partial charge >= 0.3 is 0 Å². The second kappa shape index (κ2) is 5.92. The molecule has 0 fully saturated rings. The van der Waals surface area contributed by atoms with Gasteiger partial charge in [0.15, 0.2) is 0 Å². The third-order valence-corrected chi connectivity index (χ3v) is 3.01. The lowest BCUT2D eigenvalue weighted by Crippen LogP contribution is -2.34. The van der Waals surface area contributed by atoms with Crippen LogP contribution in [0.5, 0.6) is 5.75 Å². The molecule has 88 valence electrons. The number of hydrogen-bond acceptors (Lipinski definition) is 2. The zero-order valence-electron chi connectivity index (χ0n) is 9.28. The summed E-state index contributed by atoms with van der Waals surface area (Å²) in [5, 5.41) is 13.2. The van der Waals surface area contributed by atoms with E-state index in [-0.39, 0.29) is 12.4 Å². The van der Waals surface area contributed by atoms with Crippen molar-refractivity contribution in [1.82, 2.24) is 5.32 Å². The van der Waals surface area contributed by atoms with Crippen molar-refractivity contribution in [2.24, 2.45) is 0 Å². The number of halogens is 1. The molecular weight excluding hydrogens is 222 g/mol. The summed E-state index contributed by atoms with van der Waals surface area (Å²) in [7, 11) is 0. The summed E-state index contributed by atoms with van der Waals surface area (Å²) < 4.78 is 0. The van der Waals surface area contributed by atoms with Gasteiger partial charge in [0.2, 0.25) is 0 Å². The maximum atomic E-state index is 9.75. The molecule has 0 saturated heterocycles. The zero-order valence-corrected chi connectivity index (χ0v) is 10.1. The summed E-state index contributed by atoms with van der Waals surface area (Å²) in [6.45, 7) is 4.54. The van der Waals surface area contributed by atoms with E-state index in [4.69, 9.17) is 0 Å². The van der Waals surface area contributed by atoms with E-state index in [2.05, 4.69) is 18.0 Å². The van der Waals surface area contributed by atoms with E-state index in [1.165, 1.54) is 5.56 Å². The van der Waals surface area contributed by atoms with Crippen molar-refractivity contribution in [2.75, 3.05) is 6.54 Å². The molecule has 3 heteroatoms. The van der Waals surface area contributed by atoms with Gasteiger partial charge in [-0.05, 0) is 36.5 Å². The SMILES string of the molecule is C=CCNC1CCc2cccc(O)c2C1.Cl. The average molecular weight is 240 g/mol. The van der Waals surface area contributed by atoms with E-state index in [1.807, 2.05) is 12.1 Å². The Morgan fingerprint density at radius 1 is 1.50 bits per heavy atom. The van der Waals surface area contributed by atoms with Crippen molar-refractivity contribution >= 4 is 12.4 Å². The first-order valence-electron chi connectivity index (χ1n) is 5.45. The molecule has 2 rings (SSSR count). The summed E-state index contributed by atoms with van der Waals surface area (Å²) in [4.78, 5) is 0. The predicted molar refractivity (Wildman–Crippen MR) is 69.4 cm³/mol. The topological polar surface area (TPSA) is 32.3 Å². The summed E-state index contributed by atoms with van der Waals surface area (Å²) >= 11 is 0. The van der Waals surface area contributed by atoms with Crippen LogP contribution in [0.3, 0.4) is 0 Å². The first kappa shape index (κ1) is 13.1. The third kappa shape index (κ3) is 2.77. The number of aryl methyl sites for hydroxylation is 1. The largest absolute Gasteiger partial charge is 0.508 e. The van der Waals surface area contributed by atoms with E-state index in [9.17, 15) is 5.11 Å². The highest BCUT2D eigenvalue weighted by Crippen LogP contribution is 2.28. The van der Waals surface area contributed by atoms with E-state index >= 15 is 0 Å². The number of phenolic OH excluding ortho intramolecular Hbond substituents is 1. The van der Waals surface area contributed by atoms with Crippen LogP contribution in [-0.4, -0.2) is 17.7 Å². The number of aromatic hydroxyl groups is 1. The molecule has 2 nitrogen and oxygen atoms in total. The number of nitrogens with one attached hydrogen (secondary N) is 1. The standard InChI is InChI=1S/C13H17NO.ClH/c1-2-8-14-11-7-6-10-4-3-5-13(15)12(10)9-11;/h2-5,11,14-15H,1,6-9H2;1H. The van der Waals surface area contributed by atoms with E-state index < -0.39 is 0 Å². The van der Waals surface area contributed by atoms with Gasteiger partial charge in [-0.3, -0.25) is 0 Å². The average Bonchev–Trinajstić information content (AvgIpc) is 2.27. The zero-order chi connectivity index (χ0) is 10.7. The fourth-order valence-corrected chi connectivity index (χ4v) is 2.19. The molecule has 1 aliphatic rings. The molecule has 0 heterocycles. The Kier molecular flexibility index (Phi) is 4.84. The molecule has 2 N–H and O–H groups in total. The van der Waals surface area contributed by atoms with Crippen LogP contribution in [0.15, 0.2) is 30.9 Å². The molecule has 0 amide bonds. The van der Waals surface area contributed by atoms with Gasteiger partial charge in [0.05, 0.1) is 0 Å². The first-order chi connectivity index (χ1) is 7.31. The van der Waals surface area contributed by atoms with Crippen LogP contribution < -0.4 is 5.32 Å². The summed E-state index contributed by atoms with van der Waals surface area (Å²) in [6, 6.07) is 6.28. The second-order valence-corrected chi connectivity index (χ2v) is 4.05. The molecule has 0 spiro atoms. The molecule has 0 bridgehead atoms. The Hall–Kier alpha value is -0.990. The number of fused-ring (bicyclic) bond motifs is 1. The predicted octanol–water partition coefficient (Wildman–Crippen LogP) is 2.45. The molecule has 0 saturated carbocycles. The molecule has 1 atom stereocenters. The Bertz CT molecular complexity index is 365. The van der Waals surface area contributed by atoms with Gasteiger partial charge in [0.25, 0.3) is 0 Å². The van der Waals surface area contributed by atoms with Crippen molar-refractivity contribution in [1.29, 1.82) is 0 Å². The van der Waals surface area contributed by atoms with Crippen molar-refractivity contribution in [3.63, 3.8) is 0 Å². The van der Waals surface area contributed by atoms with Crippen LogP contribution in [0.1, 0.15) is 17.5 Å². The van der Waals surface area contributed by atoms with Crippen LogP contribution in [0.25, 0.3) is 0 Å². The fourth-order valence-electron chi connectivity index (χ4n) is 2.19. The minimum absolute atomic E-state index is 0.